The number of nitrogens with one attached hydrogen (secondary N) is 1. The molecule has 0 radical (unpaired) electrons. The number of fused-ring (bicyclic) bond motifs is 7. The molecule has 4 aliphatic heterocycles. The van der Waals surface area contributed by atoms with Gasteiger partial charge in [0.1, 0.15) is 17.0 Å². The molecule has 3 amide bonds. The highest BCUT2D eigenvalue weighted by Gasteiger charge is 2.74. The van der Waals surface area contributed by atoms with Crippen LogP contribution >= 0.6 is 0 Å². The van der Waals surface area contributed by atoms with Crippen LogP contribution < -0.4 is 15.0 Å². The Kier molecular flexibility index (Phi) is 4.56. The minimum absolute atomic E-state index is 0.0340. The molecule has 4 aliphatic rings. The summed E-state index contributed by atoms with van der Waals surface area (Å²) in [6, 6.07) is 9.35. The summed E-state index contributed by atoms with van der Waals surface area (Å²) in [5.74, 6) is -2.75. The van der Waals surface area contributed by atoms with Gasteiger partial charge in [0.15, 0.2) is 0 Å². The van der Waals surface area contributed by atoms with Gasteiger partial charge in [-0.3, -0.25) is 29.4 Å². The van der Waals surface area contributed by atoms with Crippen molar-refractivity contribution in [2.24, 2.45) is 11.8 Å². The van der Waals surface area contributed by atoms with Crippen LogP contribution in [-0.2, 0) is 26.3 Å². The number of hydrogen-bond acceptors (Lipinski definition) is 7. The normalized spacial score (nSPS) is 28.9. The minimum atomic E-state index is -1.29. The summed E-state index contributed by atoms with van der Waals surface area (Å²) in [6.45, 7) is 2.64. The molecular weight excluding hydrogens is 452 g/mol. The Balaban J connectivity index is 1.55. The molecule has 10 nitrogen and oxygen atoms in total. The number of ether oxygens (including phenoxy) is 1. The Morgan fingerprint density at radius 2 is 1.97 bits per heavy atom. The molecule has 180 valence electrons. The number of nitro groups is 1. The molecule has 2 aromatic carbocycles. The molecule has 0 aromatic heterocycles. The van der Waals surface area contributed by atoms with Crippen molar-refractivity contribution in [2.75, 3.05) is 23.9 Å². The highest BCUT2D eigenvalue weighted by atomic mass is 16.6. The molecule has 35 heavy (non-hydrogen) atoms. The number of rotatable bonds is 4. The Bertz CT molecular complexity index is 1330. The first-order chi connectivity index (χ1) is 16.8. The fourth-order valence-corrected chi connectivity index (χ4v) is 6.67. The number of carbonyl (C=O) groups excluding carboxylic acids is 3. The van der Waals surface area contributed by atoms with Crippen molar-refractivity contribution in [1.29, 1.82) is 0 Å². The van der Waals surface area contributed by atoms with Crippen LogP contribution in [0.15, 0.2) is 36.4 Å². The topological polar surface area (TPSA) is 122 Å². The van der Waals surface area contributed by atoms with Gasteiger partial charge in [0.05, 0.1) is 23.9 Å². The monoisotopic (exact) mass is 476 g/mol. The third-order valence-corrected chi connectivity index (χ3v) is 8.08. The lowest BCUT2D eigenvalue weighted by Crippen LogP contribution is -2.54. The third kappa shape index (κ3) is 2.60. The fourth-order valence-electron chi connectivity index (χ4n) is 6.67. The van der Waals surface area contributed by atoms with Gasteiger partial charge in [-0.2, -0.15) is 0 Å². The van der Waals surface area contributed by atoms with E-state index in [1.54, 1.807) is 0 Å². The molecule has 6 rings (SSSR count). The summed E-state index contributed by atoms with van der Waals surface area (Å²) < 4.78 is 5.36. The van der Waals surface area contributed by atoms with Crippen LogP contribution in [0.4, 0.5) is 17.1 Å². The van der Waals surface area contributed by atoms with Gasteiger partial charge in [-0.1, -0.05) is 19.1 Å². The molecule has 1 spiro atoms. The van der Waals surface area contributed by atoms with Gasteiger partial charge in [-0.25, -0.2) is 4.90 Å². The first-order valence-electron chi connectivity index (χ1n) is 11.8. The number of nitro benzene ring substituents is 1. The molecule has 3 fully saturated rings. The van der Waals surface area contributed by atoms with Crippen LogP contribution in [0.2, 0.25) is 0 Å². The Labute approximate surface area is 201 Å². The lowest BCUT2D eigenvalue weighted by atomic mass is 9.75. The second kappa shape index (κ2) is 7.35. The zero-order valence-electron chi connectivity index (χ0n) is 19.3. The van der Waals surface area contributed by atoms with E-state index in [0.29, 0.717) is 18.7 Å². The molecule has 1 N–H and O–H groups in total. The summed E-state index contributed by atoms with van der Waals surface area (Å²) in [7, 11) is 1.38. The van der Waals surface area contributed by atoms with Crippen LogP contribution in [-0.4, -0.2) is 47.2 Å². The van der Waals surface area contributed by atoms with E-state index in [9.17, 15) is 24.5 Å². The number of non-ortho nitro benzene ring substituents is 1. The van der Waals surface area contributed by atoms with Crippen LogP contribution in [0, 0.1) is 22.0 Å². The maximum absolute atomic E-state index is 14.1. The maximum Gasteiger partial charge on any atom is 0.271 e. The van der Waals surface area contributed by atoms with Crippen molar-refractivity contribution >= 4 is 34.8 Å². The largest absolute Gasteiger partial charge is 0.495 e. The molecule has 0 bridgehead atoms. The van der Waals surface area contributed by atoms with Gasteiger partial charge in [-0.15, -0.1) is 0 Å². The first kappa shape index (κ1) is 21.7. The lowest BCUT2D eigenvalue weighted by Gasteiger charge is -2.36. The zero-order chi connectivity index (χ0) is 24.6. The first-order valence-corrected chi connectivity index (χ1v) is 11.8. The number of anilines is 2. The second-order valence-electron chi connectivity index (χ2n) is 9.49. The predicted octanol–water partition coefficient (Wildman–Crippen LogP) is 2.60. The third-order valence-electron chi connectivity index (χ3n) is 8.08. The predicted molar refractivity (Wildman–Crippen MR) is 125 cm³/mol. The molecule has 2 aromatic rings. The second-order valence-corrected chi connectivity index (χ2v) is 9.49. The maximum atomic E-state index is 14.1. The van der Waals surface area contributed by atoms with Crippen LogP contribution in [0.1, 0.15) is 30.9 Å². The summed E-state index contributed by atoms with van der Waals surface area (Å²) in [5.41, 5.74) is 0.911. The van der Waals surface area contributed by atoms with E-state index < -0.39 is 34.1 Å². The molecule has 4 heterocycles. The van der Waals surface area contributed by atoms with Crippen molar-refractivity contribution in [3.8, 4) is 5.75 Å². The number of imide groups is 1. The minimum Gasteiger partial charge on any atom is -0.495 e. The number of carbonyl (C=O) groups is 3. The van der Waals surface area contributed by atoms with E-state index in [-0.39, 0.29) is 29.1 Å². The molecule has 0 aliphatic carbocycles. The van der Waals surface area contributed by atoms with Gasteiger partial charge in [0.2, 0.25) is 17.7 Å². The van der Waals surface area contributed by atoms with Crippen LogP contribution in [0.25, 0.3) is 0 Å². The summed E-state index contributed by atoms with van der Waals surface area (Å²) in [6.07, 6.45) is 2.27. The van der Waals surface area contributed by atoms with E-state index in [4.69, 9.17) is 4.74 Å². The number of benzene rings is 2. The number of aryl methyl sites for hydroxylation is 1. The van der Waals surface area contributed by atoms with Gasteiger partial charge >= 0.3 is 0 Å². The van der Waals surface area contributed by atoms with Crippen molar-refractivity contribution in [3.05, 3.63) is 57.6 Å². The Morgan fingerprint density at radius 3 is 2.69 bits per heavy atom. The van der Waals surface area contributed by atoms with Gasteiger partial charge < -0.3 is 10.1 Å². The lowest BCUT2D eigenvalue weighted by molar-refractivity contribution is -0.384. The Morgan fingerprint density at radius 1 is 1.17 bits per heavy atom. The molecule has 0 saturated carbocycles. The SMILES string of the molecule is CCc1ccc2c(c1)[C@]1(C(=O)N2)[C@H]2C(=O)N(c3cc([N+](=O)[O-])ccc3OC)C(=O)[C@@H]2[C@H]2CCCN21. The molecule has 10 heteroatoms. The van der Waals surface area contributed by atoms with Gasteiger partial charge in [0, 0.05) is 29.4 Å². The van der Waals surface area contributed by atoms with E-state index in [1.165, 1.54) is 25.3 Å². The smallest absolute Gasteiger partial charge is 0.271 e. The molecular formula is C25H24N4O6. The summed E-state index contributed by atoms with van der Waals surface area (Å²) in [4.78, 5) is 55.7. The standard InChI is InChI=1S/C25H24N4O6/c1-3-13-6-8-16-15(11-13)25(24(32)26-16)21-20(17-5-4-10-27(17)25)22(30)28(23(21)31)18-12-14(29(33)34)7-9-19(18)35-2/h6-9,11-12,17,20-21H,3-5,10H2,1-2H3,(H,26,32)/t17-,20-,21-,25-/m1/s1. The molecule has 0 unspecified atom stereocenters. The van der Waals surface area contributed by atoms with Gasteiger partial charge in [-0.05, 0) is 43.5 Å². The van der Waals surface area contributed by atoms with Crippen LogP contribution in [0.5, 0.6) is 5.75 Å². The van der Waals surface area contributed by atoms with E-state index in [1.807, 2.05) is 25.1 Å². The van der Waals surface area contributed by atoms with Crippen molar-refractivity contribution in [3.63, 3.8) is 0 Å². The number of nitrogens with zero attached hydrogens (tertiary/aromatic N) is 3. The quantitative estimate of drug-likeness (QED) is 0.409. The van der Waals surface area contributed by atoms with Crippen molar-refractivity contribution in [2.45, 2.75) is 37.8 Å². The zero-order valence-corrected chi connectivity index (χ0v) is 19.3. The summed E-state index contributed by atoms with van der Waals surface area (Å²) in [5, 5.41) is 14.4. The van der Waals surface area contributed by atoms with Crippen molar-refractivity contribution in [1.82, 2.24) is 4.90 Å². The average molecular weight is 476 g/mol. The van der Waals surface area contributed by atoms with Gasteiger partial charge in [0.25, 0.3) is 5.69 Å². The van der Waals surface area contributed by atoms with Crippen molar-refractivity contribution < 1.29 is 24.0 Å². The number of amides is 3. The fraction of sp³-hybridized carbons (Fsp3) is 0.400. The van der Waals surface area contributed by atoms with Crippen LogP contribution in [0.3, 0.4) is 0 Å². The molecule has 4 atom stereocenters. The highest BCUT2D eigenvalue weighted by Crippen LogP contribution is 2.61. The Hall–Kier alpha value is -3.79. The average Bonchev–Trinajstić information content (AvgIpc) is 3.56. The number of methoxy groups -OCH3 is 1. The van der Waals surface area contributed by atoms with E-state index in [2.05, 4.69) is 10.2 Å². The molecule has 3 saturated heterocycles. The highest BCUT2D eigenvalue weighted by molar-refractivity contribution is 6.26. The summed E-state index contributed by atoms with van der Waals surface area (Å²) >= 11 is 0. The van der Waals surface area contributed by atoms with E-state index >= 15 is 0 Å². The number of hydrogen-bond donors (Lipinski definition) is 1. The van der Waals surface area contributed by atoms with E-state index in [0.717, 1.165) is 28.9 Å².